The van der Waals surface area contributed by atoms with Crippen LogP contribution in [0.1, 0.15) is 19.3 Å². The number of nitriles is 1. The fourth-order valence-electron chi connectivity index (χ4n) is 1.93. The lowest BCUT2D eigenvalue weighted by molar-refractivity contribution is -0.126. The Hall–Kier alpha value is -1.61. The van der Waals surface area contributed by atoms with E-state index in [0.29, 0.717) is 35.2 Å². The highest BCUT2D eigenvalue weighted by molar-refractivity contribution is 7.99. The van der Waals surface area contributed by atoms with Crippen molar-refractivity contribution < 1.29 is 13.6 Å². The van der Waals surface area contributed by atoms with Gasteiger partial charge < -0.3 is 5.32 Å². The first-order valence-electron chi connectivity index (χ1n) is 5.84. The Morgan fingerprint density at radius 2 is 2.11 bits per heavy atom. The minimum Gasteiger partial charge on any atom is -0.324 e. The van der Waals surface area contributed by atoms with Crippen molar-refractivity contribution in [3.63, 3.8) is 0 Å². The van der Waals surface area contributed by atoms with E-state index >= 15 is 0 Å². The zero-order chi connectivity index (χ0) is 13.9. The van der Waals surface area contributed by atoms with E-state index in [1.54, 1.807) is 18.2 Å². The van der Waals surface area contributed by atoms with Gasteiger partial charge in [-0.2, -0.15) is 14.0 Å². The number of halogens is 2. The summed E-state index contributed by atoms with van der Waals surface area (Å²) in [6, 6.07) is 8.40. The number of amides is 1. The lowest BCUT2D eigenvalue weighted by Gasteiger charge is -2.33. The van der Waals surface area contributed by atoms with Gasteiger partial charge in [0.25, 0.3) is 5.76 Å². The molecule has 2 rings (SSSR count). The molecule has 0 bridgehead atoms. The van der Waals surface area contributed by atoms with Gasteiger partial charge in [0.1, 0.15) is 5.41 Å². The molecule has 3 nitrogen and oxygen atoms in total. The molecular formula is C13H12F2N2OS. The number of thioether (sulfide) groups is 1. The fourth-order valence-corrected chi connectivity index (χ4v) is 2.53. The summed E-state index contributed by atoms with van der Waals surface area (Å²) >= 11 is 0.380. The van der Waals surface area contributed by atoms with Gasteiger partial charge in [0.05, 0.1) is 11.8 Å². The second kappa shape index (κ2) is 5.57. The molecule has 0 heterocycles. The number of carbonyl (C=O) groups excluding carboxylic acids is 1. The van der Waals surface area contributed by atoms with Crippen LogP contribution in [0.4, 0.5) is 14.5 Å². The smallest absolute Gasteiger partial charge is 0.288 e. The van der Waals surface area contributed by atoms with Crippen LogP contribution in [-0.4, -0.2) is 11.7 Å². The molecule has 1 aromatic rings. The third kappa shape index (κ3) is 2.87. The molecule has 0 unspecified atom stereocenters. The molecule has 0 spiro atoms. The normalized spacial score (nSPS) is 16.5. The summed E-state index contributed by atoms with van der Waals surface area (Å²) in [7, 11) is 0. The monoisotopic (exact) mass is 282 g/mol. The van der Waals surface area contributed by atoms with Crippen LogP contribution in [0.5, 0.6) is 0 Å². The van der Waals surface area contributed by atoms with Crippen molar-refractivity contribution in [2.24, 2.45) is 5.41 Å². The highest BCUT2D eigenvalue weighted by atomic mass is 32.2. The predicted octanol–water partition coefficient (Wildman–Crippen LogP) is 3.63. The number of anilines is 1. The summed E-state index contributed by atoms with van der Waals surface area (Å²) in [5, 5.41) is 11.7. The van der Waals surface area contributed by atoms with Gasteiger partial charge in [-0.25, -0.2) is 0 Å². The number of hydrogen-bond acceptors (Lipinski definition) is 3. The third-order valence-corrected chi connectivity index (χ3v) is 4.00. The first kappa shape index (κ1) is 13.8. The summed E-state index contributed by atoms with van der Waals surface area (Å²) in [6.07, 6.45) is 1.90. The van der Waals surface area contributed by atoms with Gasteiger partial charge in [0.15, 0.2) is 0 Å². The molecule has 19 heavy (non-hydrogen) atoms. The van der Waals surface area contributed by atoms with E-state index in [1.165, 1.54) is 6.07 Å². The highest BCUT2D eigenvalue weighted by Crippen LogP contribution is 2.42. The van der Waals surface area contributed by atoms with Crippen LogP contribution in [0.3, 0.4) is 0 Å². The number of benzene rings is 1. The number of nitrogens with one attached hydrogen (secondary N) is 1. The Kier molecular flexibility index (Phi) is 4.05. The molecule has 100 valence electrons. The Balaban J connectivity index is 2.15. The molecule has 1 aliphatic rings. The summed E-state index contributed by atoms with van der Waals surface area (Å²) in [4.78, 5) is 12.4. The maximum atomic E-state index is 12.4. The average Bonchev–Trinajstić information content (AvgIpc) is 2.30. The summed E-state index contributed by atoms with van der Waals surface area (Å²) in [6.45, 7) is 0. The molecule has 1 fully saturated rings. The molecule has 0 saturated heterocycles. The van der Waals surface area contributed by atoms with Crippen LogP contribution in [0.25, 0.3) is 0 Å². The second-order valence-corrected chi connectivity index (χ2v) is 5.41. The van der Waals surface area contributed by atoms with E-state index in [1.807, 2.05) is 6.07 Å². The van der Waals surface area contributed by atoms with Gasteiger partial charge in [0, 0.05) is 4.90 Å². The number of carbonyl (C=O) groups is 1. The first-order chi connectivity index (χ1) is 9.07. The van der Waals surface area contributed by atoms with Crippen LogP contribution in [0.15, 0.2) is 29.2 Å². The Labute approximate surface area is 114 Å². The molecule has 0 atom stereocenters. The van der Waals surface area contributed by atoms with Gasteiger partial charge in [-0.15, -0.1) is 0 Å². The predicted molar refractivity (Wildman–Crippen MR) is 68.8 cm³/mol. The zero-order valence-corrected chi connectivity index (χ0v) is 10.8. The number of para-hydroxylation sites is 1. The first-order valence-corrected chi connectivity index (χ1v) is 6.72. The maximum Gasteiger partial charge on any atom is 0.288 e. The van der Waals surface area contributed by atoms with Crippen molar-refractivity contribution in [2.45, 2.75) is 29.9 Å². The number of rotatable bonds is 4. The van der Waals surface area contributed by atoms with Gasteiger partial charge >= 0.3 is 0 Å². The third-order valence-electron chi connectivity index (χ3n) is 3.21. The molecule has 1 aliphatic carbocycles. The topological polar surface area (TPSA) is 52.9 Å². The molecule has 0 radical (unpaired) electrons. The molecule has 0 aliphatic heterocycles. The highest BCUT2D eigenvalue weighted by Gasteiger charge is 2.44. The van der Waals surface area contributed by atoms with Crippen LogP contribution in [-0.2, 0) is 4.79 Å². The second-order valence-electron chi connectivity index (χ2n) is 4.38. The molecule has 1 N–H and O–H groups in total. The number of alkyl halides is 2. The standard InChI is InChI=1S/C13H12F2N2OS/c14-12(15)19-10-5-2-1-4-9(10)17-11(18)13(8-16)6-3-7-13/h1-2,4-5,12H,3,6-7H2,(H,17,18). The van der Waals surface area contributed by atoms with Crippen molar-refractivity contribution >= 4 is 23.4 Å². The minimum atomic E-state index is -2.55. The summed E-state index contributed by atoms with van der Waals surface area (Å²) in [5.41, 5.74) is -0.651. The fraction of sp³-hybridized carbons (Fsp3) is 0.385. The maximum absolute atomic E-state index is 12.4. The Morgan fingerprint density at radius 3 is 2.63 bits per heavy atom. The van der Waals surface area contributed by atoms with Gasteiger partial charge in [-0.1, -0.05) is 23.9 Å². The molecule has 0 aromatic heterocycles. The van der Waals surface area contributed by atoms with E-state index in [2.05, 4.69) is 5.32 Å². The van der Waals surface area contributed by atoms with Gasteiger partial charge in [-0.3, -0.25) is 4.79 Å². The van der Waals surface area contributed by atoms with Gasteiger partial charge in [0.2, 0.25) is 5.91 Å². The molecule has 1 aromatic carbocycles. The number of hydrogen-bond donors (Lipinski definition) is 1. The zero-order valence-electron chi connectivity index (χ0n) is 10.0. The van der Waals surface area contributed by atoms with E-state index < -0.39 is 17.1 Å². The van der Waals surface area contributed by atoms with Crippen molar-refractivity contribution in [3.05, 3.63) is 24.3 Å². The lowest BCUT2D eigenvalue weighted by atomic mass is 9.69. The molecule has 1 saturated carbocycles. The van der Waals surface area contributed by atoms with Gasteiger partial charge in [-0.05, 0) is 31.4 Å². The molecular weight excluding hydrogens is 270 g/mol. The Bertz CT molecular complexity index is 524. The quantitative estimate of drug-likeness (QED) is 0.858. The van der Waals surface area contributed by atoms with Crippen molar-refractivity contribution in [3.8, 4) is 6.07 Å². The largest absolute Gasteiger partial charge is 0.324 e. The van der Waals surface area contributed by atoms with E-state index in [9.17, 15) is 13.6 Å². The van der Waals surface area contributed by atoms with E-state index in [-0.39, 0.29) is 0 Å². The van der Waals surface area contributed by atoms with Crippen LogP contribution in [0, 0.1) is 16.7 Å². The van der Waals surface area contributed by atoms with Crippen molar-refractivity contribution in [2.75, 3.05) is 5.32 Å². The van der Waals surface area contributed by atoms with Crippen LogP contribution >= 0.6 is 11.8 Å². The van der Waals surface area contributed by atoms with Crippen molar-refractivity contribution in [1.29, 1.82) is 5.26 Å². The van der Waals surface area contributed by atoms with Crippen LogP contribution < -0.4 is 5.32 Å². The minimum absolute atomic E-state index is 0.304. The SMILES string of the molecule is N#CC1(C(=O)Nc2ccccc2SC(F)F)CCC1. The number of nitrogens with zero attached hydrogens (tertiary/aromatic N) is 1. The Morgan fingerprint density at radius 1 is 1.42 bits per heavy atom. The van der Waals surface area contributed by atoms with E-state index in [0.717, 1.165) is 6.42 Å². The van der Waals surface area contributed by atoms with E-state index in [4.69, 9.17) is 5.26 Å². The van der Waals surface area contributed by atoms with Crippen molar-refractivity contribution in [1.82, 2.24) is 0 Å². The summed E-state index contributed by atoms with van der Waals surface area (Å²) < 4.78 is 24.8. The molecule has 6 heteroatoms. The lowest BCUT2D eigenvalue weighted by Crippen LogP contribution is -2.40. The summed E-state index contributed by atoms with van der Waals surface area (Å²) in [5.74, 6) is -2.95. The van der Waals surface area contributed by atoms with Crippen LogP contribution in [0.2, 0.25) is 0 Å². The molecule has 1 amide bonds. The average molecular weight is 282 g/mol.